The van der Waals surface area contributed by atoms with Crippen molar-refractivity contribution in [1.29, 1.82) is 0 Å². The molecule has 9 heteroatoms. The number of halogens is 3. The third-order valence-corrected chi connectivity index (χ3v) is 3.70. The van der Waals surface area contributed by atoms with Crippen molar-refractivity contribution in [2.75, 3.05) is 31.1 Å². The van der Waals surface area contributed by atoms with E-state index in [1.807, 2.05) is 4.90 Å². The van der Waals surface area contributed by atoms with Crippen molar-refractivity contribution in [2.24, 2.45) is 0 Å². The van der Waals surface area contributed by atoms with Gasteiger partial charge in [0.1, 0.15) is 11.5 Å². The number of aromatic amines is 1. The van der Waals surface area contributed by atoms with E-state index in [2.05, 4.69) is 15.2 Å². The summed E-state index contributed by atoms with van der Waals surface area (Å²) in [4.78, 5) is 19.6. The third-order valence-electron chi connectivity index (χ3n) is 3.70. The summed E-state index contributed by atoms with van der Waals surface area (Å²) < 4.78 is 37.6. The number of carbonyl (C=O) groups is 1. The lowest BCUT2D eigenvalue weighted by Gasteiger charge is -2.35. The molecular weight excluding hydrogens is 311 g/mol. The van der Waals surface area contributed by atoms with Gasteiger partial charge < -0.3 is 9.80 Å². The lowest BCUT2D eigenvalue weighted by Crippen LogP contribution is -2.49. The number of alkyl halides is 3. The Bertz CT molecular complexity index is 661. The Labute approximate surface area is 129 Å². The molecule has 1 aliphatic heterocycles. The van der Waals surface area contributed by atoms with Gasteiger partial charge in [0.25, 0.3) is 5.91 Å². The molecule has 3 heterocycles. The molecule has 0 unspecified atom stereocenters. The first-order chi connectivity index (χ1) is 10.9. The molecule has 0 atom stereocenters. The van der Waals surface area contributed by atoms with Crippen LogP contribution in [0.25, 0.3) is 0 Å². The summed E-state index contributed by atoms with van der Waals surface area (Å²) >= 11 is 0. The van der Waals surface area contributed by atoms with Gasteiger partial charge in [-0.3, -0.25) is 9.89 Å². The van der Waals surface area contributed by atoms with Crippen molar-refractivity contribution >= 4 is 11.7 Å². The van der Waals surface area contributed by atoms with Crippen LogP contribution in [0.5, 0.6) is 0 Å². The molecule has 0 aromatic carbocycles. The zero-order chi connectivity index (χ0) is 16.4. The largest absolute Gasteiger partial charge is 0.417 e. The van der Waals surface area contributed by atoms with Gasteiger partial charge in [-0.1, -0.05) is 0 Å². The van der Waals surface area contributed by atoms with Crippen molar-refractivity contribution in [1.82, 2.24) is 20.1 Å². The molecule has 0 saturated carbocycles. The number of rotatable bonds is 2. The third kappa shape index (κ3) is 3.27. The molecule has 6 nitrogen and oxygen atoms in total. The molecule has 2 aromatic heterocycles. The maximum atomic E-state index is 12.5. The summed E-state index contributed by atoms with van der Waals surface area (Å²) in [6.45, 7) is 1.97. The van der Waals surface area contributed by atoms with Crippen molar-refractivity contribution < 1.29 is 18.0 Å². The van der Waals surface area contributed by atoms with E-state index in [1.54, 1.807) is 11.0 Å². The minimum atomic E-state index is -4.39. The molecule has 0 bridgehead atoms. The van der Waals surface area contributed by atoms with Crippen LogP contribution in [0.2, 0.25) is 0 Å². The minimum Gasteiger partial charge on any atom is -0.353 e. The number of hydrogen-bond donors (Lipinski definition) is 1. The number of nitrogens with zero attached hydrogens (tertiary/aromatic N) is 4. The fourth-order valence-electron chi connectivity index (χ4n) is 2.42. The number of carbonyl (C=O) groups excluding carboxylic acids is 1. The zero-order valence-electron chi connectivity index (χ0n) is 12.0. The number of nitrogens with one attached hydrogen (secondary N) is 1. The van der Waals surface area contributed by atoms with E-state index in [9.17, 15) is 18.0 Å². The molecule has 1 aliphatic rings. The molecule has 1 amide bonds. The first kappa shape index (κ1) is 15.3. The smallest absolute Gasteiger partial charge is 0.353 e. The van der Waals surface area contributed by atoms with Crippen LogP contribution in [0, 0.1) is 0 Å². The lowest BCUT2D eigenvalue weighted by molar-refractivity contribution is -0.137. The van der Waals surface area contributed by atoms with Crippen molar-refractivity contribution in [3.05, 3.63) is 41.9 Å². The highest BCUT2D eigenvalue weighted by molar-refractivity contribution is 5.92. The molecular formula is C14H14F3N5O. The van der Waals surface area contributed by atoms with Gasteiger partial charge in [0.05, 0.1) is 5.56 Å². The molecule has 1 N–H and O–H groups in total. The topological polar surface area (TPSA) is 65.1 Å². The second kappa shape index (κ2) is 5.90. The summed E-state index contributed by atoms with van der Waals surface area (Å²) in [5.74, 6) is 0.342. The Morgan fingerprint density at radius 2 is 1.87 bits per heavy atom. The predicted octanol–water partition coefficient (Wildman–Crippen LogP) is 1.79. The Hall–Kier alpha value is -2.58. The number of anilines is 1. The molecule has 3 rings (SSSR count). The predicted molar refractivity (Wildman–Crippen MR) is 75.9 cm³/mol. The fourth-order valence-corrected chi connectivity index (χ4v) is 2.42. The molecule has 23 heavy (non-hydrogen) atoms. The summed E-state index contributed by atoms with van der Waals surface area (Å²) in [6.07, 6.45) is -2.05. The normalized spacial score (nSPS) is 15.8. The number of H-pyrrole nitrogens is 1. The van der Waals surface area contributed by atoms with E-state index < -0.39 is 11.7 Å². The summed E-state index contributed by atoms with van der Waals surface area (Å²) in [7, 11) is 0. The van der Waals surface area contributed by atoms with Crippen LogP contribution in [-0.2, 0) is 6.18 Å². The fraction of sp³-hybridized carbons (Fsp3) is 0.357. The van der Waals surface area contributed by atoms with Gasteiger partial charge in [-0.2, -0.15) is 18.3 Å². The van der Waals surface area contributed by atoms with Gasteiger partial charge in [0.15, 0.2) is 0 Å². The van der Waals surface area contributed by atoms with Gasteiger partial charge in [0.2, 0.25) is 0 Å². The van der Waals surface area contributed by atoms with Crippen LogP contribution < -0.4 is 4.90 Å². The Balaban J connectivity index is 1.62. The highest BCUT2D eigenvalue weighted by Gasteiger charge is 2.31. The summed E-state index contributed by atoms with van der Waals surface area (Å²) in [5, 5.41) is 6.37. The minimum absolute atomic E-state index is 0.137. The van der Waals surface area contributed by atoms with E-state index in [1.165, 1.54) is 12.3 Å². The first-order valence-corrected chi connectivity index (χ1v) is 7.02. The molecule has 122 valence electrons. The Morgan fingerprint density at radius 3 is 2.39 bits per heavy atom. The number of hydrogen-bond acceptors (Lipinski definition) is 4. The number of piperazine rings is 1. The van der Waals surface area contributed by atoms with Gasteiger partial charge in [-0.05, 0) is 18.2 Å². The van der Waals surface area contributed by atoms with E-state index in [-0.39, 0.29) is 5.91 Å². The van der Waals surface area contributed by atoms with Gasteiger partial charge >= 0.3 is 6.18 Å². The second-order valence-corrected chi connectivity index (χ2v) is 5.15. The van der Waals surface area contributed by atoms with Gasteiger partial charge in [-0.25, -0.2) is 4.98 Å². The number of amides is 1. The quantitative estimate of drug-likeness (QED) is 0.914. The molecule has 2 aromatic rings. The average Bonchev–Trinajstić information content (AvgIpc) is 3.08. The monoisotopic (exact) mass is 325 g/mol. The van der Waals surface area contributed by atoms with Gasteiger partial charge in [0, 0.05) is 38.6 Å². The first-order valence-electron chi connectivity index (χ1n) is 7.02. The van der Waals surface area contributed by atoms with E-state index in [4.69, 9.17) is 0 Å². The SMILES string of the molecule is O=C(c1ccn[nH]1)N1CCN(c2ccc(C(F)(F)F)cn2)CC1. The second-order valence-electron chi connectivity index (χ2n) is 5.15. The maximum Gasteiger partial charge on any atom is 0.417 e. The number of aromatic nitrogens is 3. The maximum absolute atomic E-state index is 12.5. The Kier molecular flexibility index (Phi) is 3.93. The van der Waals surface area contributed by atoms with Crippen molar-refractivity contribution in [3.63, 3.8) is 0 Å². The lowest BCUT2D eigenvalue weighted by atomic mass is 10.2. The van der Waals surface area contributed by atoms with Crippen molar-refractivity contribution in [2.45, 2.75) is 6.18 Å². The van der Waals surface area contributed by atoms with Crippen molar-refractivity contribution in [3.8, 4) is 0 Å². The van der Waals surface area contributed by atoms with Gasteiger partial charge in [-0.15, -0.1) is 0 Å². The van der Waals surface area contributed by atoms with Crippen LogP contribution in [0.15, 0.2) is 30.6 Å². The zero-order valence-corrected chi connectivity index (χ0v) is 12.0. The van der Waals surface area contributed by atoms with E-state index >= 15 is 0 Å². The average molecular weight is 325 g/mol. The highest BCUT2D eigenvalue weighted by Crippen LogP contribution is 2.29. The highest BCUT2D eigenvalue weighted by atomic mass is 19.4. The van der Waals surface area contributed by atoms with E-state index in [0.29, 0.717) is 37.7 Å². The van der Waals surface area contributed by atoms with Crippen LogP contribution in [0.3, 0.4) is 0 Å². The summed E-state index contributed by atoms with van der Waals surface area (Å²) in [6, 6.07) is 3.98. The molecule has 0 radical (unpaired) electrons. The number of pyridine rings is 1. The molecule has 1 fully saturated rings. The molecule has 1 saturated heterocycles. The van der Waals surface area contributed by atoms with Crippen LogP contribution in [0.1, 0.15) is 16.1 Å². The molecule has 0 spiro atoms. The van der Waals surface area contributed by atoms with Crippen LogP contribution in [-0.4, -0.2) is 52.2 Å². The standard InChI is InChI=1S/C14H14F3N5O/c15-14(16,17)10-1-2-12(18-9-10)21-5-7-22(8-6-21)13(23)11-3-4-19-20-11/h1-4,9H,5-8H2,(H,19,20). The summed E-state index contributed by atoms with van der Waals surface area (Å²) in [5.41, 5.74) is -0.347. The molecule has 0 aliphatic carbocycles. The van der Waals surface area contributed by atoms with Crippen LogP contribution >= 0.6 is 0 Å². The Morgan fingerprint density at radius 1 is 1.13 bits per heavy atom. The van der Waals surface area contributed by atoms with E-state index in [0.717, 1.165) is 12.3 Å². The van der Waals surface area contributed by atoms with Crippen LogP contribution in [0.4, 0.5) is 19.0 Å².